The Labute approximate surface area is 143 Å². The van der Waals surface area contributed by atoms with E-state index in [9.17, 15) is 14.4 Å². The van der Waals surface area contributed by atoms with Crippen LogP contribution in [0.3, 0.4) is 0 Å². The number of aliphatic hydroxyl groups excluding tert-OH is 1. The molecule has 0 spiro atoms. The van der Waals surface area contributed by atoms with E-state index in [1.54, 1.807) is 0 Å². The zero-order chi connectivity index (χ0) is 16.1. The number of esters is 1. The molecule has 0 radical (unpaired) electrons. The standard InChI is InChI=1S/C15H27NO5.BrH/c1-16(2)10-4-3-5-15(20)21-12-9-14(19)7-6-13(18)8-11-17;/h17H,3-12H2,1-2H3;1H. The number of ketones is 2. The molecule has 0 atom stereocenters. The number of carbonyl (C=O) groups is 3. The summed E-state index contributed by atoms with van der Waals surface area (Å²) in [5, 5.41) is 8.56. The third-order valence-corrected chi connectivity index (χ3v) is 3.02. The van der Waals surface area contributed by atoms with Crippen LogP contribution in [0.1, 0.15) is 44.9 Å². The Bertz CT molecular complexity index is 334. The number of carbonyl (C=O) groups excluding carboxylic acids is 3. The molecule has 0 aromatic heterocycles. The van der Waals surface area contributed by atoms with Crippen molar-refractivity contribution in [3.63, 3.8) is 0 Å². The highest BCUT2D eigenvalue weighted by atomic mass is 79.9. The van der Waals surface area contributed by atoms with Gasteiger partial charge in [0.2, 0.25) is 0 Å². The molecule has 0 aromatic rings. The normalized spacial score (nSPS) is 10.2. The lowest BCUT2D eigenvalue weighted by atomic mass is 10.1. The average Bonchev–Trinajstić information content (AvgIpc) is 2.41. The number of halogens is 1. The van der Waals surface area contributed by atoms with Crippen LogP contribution in [0.2, 0.25) is 0 Å². The van der Waals surface area contributed by atoms with Crippen molar-refractivity contribution in [1.29, 1.82) is 0 Å². The van der Waals surface area contributed by atoms with Gasteiger partial charge in [-0.2, -0.15) is 0 Å². The Kier molecular flexibility index (Phi) is 16.1. The van der Waals surface area contributed by atoms with E-state index in [1.165, 1.54) is 4.90 Å². The third-order valence-electron chi connectivity index (χ3n) is 3.02. The maximum absolute atomic E-state index is 11.5. The Morgan fingerprint density at radius 2 is 1.50 bits per heavy atom. The predicted octanol–water partition coefficient (Wildman–Crippen LogP) is -3.46. The molecule has 0 amide bonds. The third kappa shape index (κ3) is 15.6. The van der Waals surface area contributed by atoms with Gasteiger partial charge in [-0.25, -0.2) is 0 Å². The Morgan fingerprint density at radius 1 is 0.909 bits per heavy atom. The van der Waals surface area contributed by atoms with Gasteiger partial charge in [-0.15, -0.1) is 0 Å². The first-order valence-corrected chi connectivity index (χ1v) is 7.54. The smallest absolute Gasteiger partial charge is 0.305 e. The molecule has 0 aliphatic rings. The van der Waals surface area contributed by atoms with Crippen LogP contribution in [-0.2, 0) is 19.1 Å². The van der Waals surface area contributed by atoms with Crippen LogP contribution in [0.15, 0.2) is 0 Å². The van der Waals surface area contributed by atoms with Gasteiger partial charge in [0.1, 0.15) is 11.6 Å². The minimum Gasteiger partial charge on any atom is -1.00 e. The highest BCUT2D eigenvalue weighted by Gasteiger charge is 2.09. The van der Waals surface area contributed by atoms with Gasteiger partial charge in [0.25, 0.3) is 0 Å². The molecule has 0 unspecified atom stereocenters. The molecule has 0 saturated heterocycles. The summed E-state index contributed by atoms with van der Waals surface area (Å²) < 4.78 is 4.98. The van der Waals surface area contributed by atoms with E-state index >= 15 is 0 Å². The first kappa shape index (κ1) is 23.5. The molecule has 22 heavy (non-hydrogen) atoms. The number of aliphatic hydroxyl groups is 1. The van der Waals surface area contributed by atoms with Crippen LogP contribution in [0.4, 0.5) is 0 Å². The molecule has 0 rings (SSSR count). The van der Waals surface area contributed by atoms with Crippen LogP contribution in [0.5, 0.6) is 0 Å². The van der Waals surface area contributed by atoms with Crippen molar-refractivity contribution in [2.75, 3.05) is 33.9 Å². The fourth-order valence-corrected chi connectivity index (χ4v) is 1.75. The van der Waals surface area contributed by atoms with E-state index in [0.717, 1.165) is 19.4 Å². The summed E-state index contributed by atoms with van der Waals surface area (Å²) >= 11 is 0. The van der Waals surface area contributed by atoms with Crippen LogP contribution < -0.4 is 21.9 Å². The van der Waals surface area contributed by atoms with Gasteiger partial charge < -0.3 is 31.7 Å². The van der Waals surface area contributed by atoms with Crippen molar-refractivity contribution in [1.82, 2.24) is 0 Å². The molecule has 0 aliphatic heterocycles. The highest BCUT2D eigenvalue weighted by molar-refractivity contribution is 5.86. The highest BCUT2D eigenvalue weighted by Crippen LogP contribution is 2.01. The molecule has 0 aromatic carbocycles. The number of Topliss-reactive ketones (excluding diaryl/α,β-unsaturated/α-hetero) is 2. The topological polar surface area (TPSA) is 85.1 Å². The molecular weight excluding hydrogens is 354 g/mol. The van der Waals surface area contributed by atoms with Crippen LogP contribution in [0, 0.1) is 0 Å². The number of quaternary nitrogens is 1. The number of hydrogen-bond acceptors (Lipinski definition) is 5. The Hall–Kier alpha value is -0.790. The van der Waals surface area contributed by atoms with Gasteiger partial charge >= 0.3 is 5.97 Å². The molecule has 0 fully saturated rings. The Balaban J connectivity index is 0. The lowest BCUT2D eigenvalue weighted by Crippen LogP contribution is -3.05. The molecule has 0 bridgehead atoms. The lowest BCUT2D eigenvalue weighted by molar-refractivity contribution is -0.858. The minimum atomic E-state index is -0.270. The monoisotopic (exact) mass is 381 g/mol. The molecule has 6 nitrogen and oxygen atoms in total. The fourth-order valence-electron chi connectivity index (χ4n) is 1.75. The van der Waals surface area contributed by atoms with Crippen molar-refractivity contribution >= 4 is 17.5 Å². The molecule has 130 valence electrons. The van der Waals surface area contributed by atoms with Crippen molar-refractivity contribution in [2.24, 2.45) is 0 Å². The van der Waals surface area contributed by atoms with Crippen LogP contribution in [-0.4, -0.2) is 56.5 Å². The maximum atomic E-state index is 11.5. The minimum absolute atomic E-state index is 0. The van der Waals surface area contributed by atoms with Gasteiger partial charge in [-0.1, -0.05) is 0 Å². The van der Waals surface area contributed by atoms with Gasteiger partial charge in [0.05, 0.1) is 27.2 Å². The SMILES string of the molecule is C[NH+](C)CCCCC(=O)OCCC(=O)CCC(=O)CCO.[Br-]. The van der Waals surface area contributed by atoms with Crippen molar-refractivity contribution < 1.29 is 46.1 Å². The lowest BCUT2D eigenvalue weighted by Gasteiger charge is -2.07. The summed E-state index contributed by atoms with van der Waals surface area (Å²) in [5.74, 6) is -0.482. The molecule has 0 heterocycles. The largest absolute Gasteiger partial charge is 1.00 e. The first-order valence-electron chi connectivity index (χ1n) is 7.54. The van der Waals surface area contributed by atoms with E-state index in [1.807, 2.05) is 0 Å². The number of rotatable bonds is 13. The summed E-state index contributed by atoms with van der Waals surface area (Å²) in [7, 11) is 4.13. The van der Waals surface area contributed by atoms with Gasteiger partial charge in [0, 0.05) is 38.7 Å². The van der Waals surface area contributed by atoms with Crippen molar-refractivity contribution in [3.8, 4) is 0 Å². The molecule has 0 aliphatic carbocycles. The van der Waals surface area contributed by atoms with Crippen LogP contribution in [0.25, 0.3) is 0 Å². The Morgan fingerprint density at radius 3 is 2.05 bits per heavy atom. The number of hydrogen-bond donors (Lipinski definition) is 2. The number of unbranched alkanes of at least 4 members (excludes halogenated alkanes) is 1. The van der Waals surface area contributed by atoms with Crippen molar-refractivity contribution in [3.05, 3.63) is 0 Å². The zero-order valence-electron chi connectivity index (χ0n) is 13.5. The summed E-state index contributed by atoms with van der Waals surface area (Å²) in [6.07, 6.45) is 2.71. The molecule has 2 N–H and O–H groups in total. The number of nitrogens with one attached hydrogen (secondary N) is 1. The maximum Gasteiger partial charge on any atom is 0.305 e. The van der Waals surface area contributed by atoms with Gasteiger partial charge in [-0.3, -0.25) is 14.4 Å². The second-order valence-electron chi connectivity index (χ2n) is 5.44. The van der Waals surface area contributed by atoms with E-state index < -0.39 is 0 Å². The first-order chi connectivity index (χ1) is 9.95. The zero-order valence-corrected chi connectivity index (χ0v) is 15.1. The van der Waals surface area contributed by atoms with Gasteiger partial charge in [-0.05, 0) is 12.8 Å². The average molecular weight is 382 g/mol. The second kappa shape index (κ2) is 15.1. The summed E-state index contributed by atoms with van der Waals surface area (Å²) in [6, 6.07) is 0. The molecular formula is C15H28BrNO5. The number of ether oxygens (including phenoxy) is 1. The van der Waals surface area contributed by atoms with E-state index in [2.05, 4.69) is 14.1 Å². The van der Waals surface area contributed by atoms with E-state index in [0.29, 0.717) is 6.42 Å². The summed E-state index contributed by atoms with van der Waals surface area (Å²) in [4.78, 5) is 35.3. The van der Waals surface area contributed by atoms with Crippen LogP contribution >= 0.6 is 0 Å². The molecule has 7 heteroatoms. The molecule has 0 saturated carbocycles. The summed E-state index contributed by atoms with van der Waals surface area (Å²) in [6.45, 7) is 0.929. The van der Waals surface area contributed by atoms with E-state index in [-0.39, 0.29) is 73.4 Å². The second-order valence-corrected chi connectivity index (χ2v) is 5.44. The van der Waals surface area contributed by atoms with E-state index in [4.69, 9.17) is 9.84 Å². The quantitative estimate of drug-likeness (QED) is 0.256. The fraction of sp³-hybridized carbons (Fsp3) is 0.800. The van der Waals surface area contributed by atoms with Crippen molar-refractivity contribution in [2.45, 2.75) is 44.9 Å². The predicted molar refractivity (Wildman–Crippen MR) is 78.1 cm³/mol. The summed E-state index contributed by atoms with van der Waals surface area (Å²) in [5.41, 5.74) is 0. The van der Waals surface area contributed by atoms with Gasteiger partial charge in [0.15, 0.2) is 0 Å².